The summed E-state index contributed by atoms with van der Waals surface area (Å²) in [6, 6.07) is 0.829. The summed E-state index contributed by atoms with van der Waals surface area (Å²) in [4.78, 5) is 17.2. The molecule has 2 atom stereocenters. The van der Waals surface area contributed by atoms with Crippen molar-refractivity contribution in [3.05, 3.63) is 0 Å². The molecule has 0 bridgehead atoms. The van der Waals surface area contributed by atoms with Crippen LogP contribution >= 0.6 is 0 Å². The van der Waals surface area contributed by atoms with Gasteiger partial charge in [0.05, 0.1) is 12.2 Å². The van der Waals surface area contributed by atoms with Crippen molar-refractivity contribution in [2.45, 2.75) is 77.5 Å². The number of unbranched alkanes of at least 4 members (excludes halogenated alkanes) is 1. The summed E-state index contributed by atoms with van der Waals surface area (Å²) in [7, 11) is 2.19. The molecule has 1 aliphatic carbocycles. The van der Waals surface area contributed by atoms with Gasteiger partial charge >= 0.3 is 0 Å². The molecule has 4 nitrogen and oxygen atoms in total. The van der Waals surface area contributed by atoms with Crippen LogP contribution in [0, 0.1) is 5.92 Å². The van der Waals surface area contributed by atoms with Crippen LogP contribution in [0.15, 0.2) is 0 Å². The molecule has 0 spiro atoms. The summed E-state index contributed by atoms with van der Waals surface area (Å²) < 4.78 is 0. The largest absolute Gasteiger partial charge is 0.325 e. The highest BCUT2D eigenvalue weighted by atomic mass is 16.2. The van der Waals surface area contributed by atoms with Gasteiger partial charge in [-0.2, -0.15) is 0 Å². The molecular weight excluding hydrogens is 262 g/mol. The van der Waals surface area contributed by atoms with E-state index in [1.807, 2.05) is 0 Å². The third kappa shape index (κ3) is 4.68. The molecule has 2 unspecified atom stereocenters. The molecular formula is C17H33N3O. The molecule has 2 aliphatic rings. The third-order valence-corrected chi connectivity index (χ3v) is 4.76. The Balaban J connectivity index is 1.90. The zero-order valence-corrected chi connectivity index (χ0v) is 14.3. The molecule has 21 heavy (non-hydrogen) atoms. The van der Waals surface area contributed by atoms with Gasteiger partial charge in [0.25, 0.3) is 0 Å². The van der Waals surface area contributed by atoms with E-state index in [0.717, 1.165) is 44.8 Å². The maximum absolute atomic E-state index is 12.6. The van der Waals surface area contributed by atoms with Gasteiger partial charge in [0, 0.05) is 19.1 Å². The lowest BCUT2D eigenvalue weighted by Gasteiger charge is -2.27. The summed E-state index contributed by atoms with van der Waals surface area (Å²) >= 11 is 0. The fourth-order valence-corrected chi connectivity index (χ4v) is 3.23. The highest BCUT2D eigenvalue weighted by Crippen LogP contribution is 2.26. The summed E-state index contributed by atoms with van der Waals surface area (Å²) in [5.74, 6) is 0.946. The second-order valence-electron chi connectivity index (χ2n) is 7.25. The highest BCUT2D eigenvalue weighted by molar-refractivity contribution is 5.84. The Kier molecular flexibility index (Phi) is 6.06. The van der Waals surface area contributed by atoms with Crippen LogP contribution < -0.4 is 5.32 Å². The quantitative estimate of drug-likeness (QED) is 0.710. The van der Waals surface area contributed by atoms with Crippen LogP contribution in [0.5, 0.6) is 0 Å². The van der Waals surface area contributed by atoms with Crippen LogP contribution in [0.2, 0.25) is 0 Å². The lowest BCUT2D eigenvalue weighted by Crippen LogP contribution is -2.42. The molecule has 1 saturated heterocycles. The topological polar surface area (TPSA) is 35.6 Å². The van der Waals surface area contributed by atoms with Gasteiger partial charge in [-0.3, -0.25) is 10.1 Å². The van der Waals surface area contributed by atoms with E-state index in [1.54, 1.807) is 0 Å². The van der Waals surface area contributed by atoms with E-state index in [2.05, 4.69) is 42.9 Å². The first-order valence-electron chi connectivity index (χ1n) is 8.79. The summed E-state index contributed by atoms with van der Waals surface area (Å²) in [5, 5.41) is 3.58. The Morgan fingerprint density at radius 1 is 1.38 bits per heavy atom. The molecule has 2 fully saturated rings. The molecule has 0 aromatic carbocycles. The Morgan fingerprint density at radius 3 is 2.67 bits per heavy atom. The number of rotatable bonds is 9. The van der Waals surface area contributed by atoms with Gasteiger partial charge in [-0.25, -0.2) is 0 Å². The Labute approximate surface area is 130 Å². The molecule has 1 heterocycles. The minimum Gasteiger partial charge on any atom is -0.325 e. The first-order valence-corrected chi connectivity index (χ1v) is 8.79. The van der Waals surface area contributed by atoms with Gasteiger partial charge in [0.2, 0.25) is 5.91 Å². The molecule has 0 aromatic heterocycles. The molecule has 1 amide bonds. The zero-order valence-electron chi connectivity index (χ0n) is 14.3. The Hall–Kier alpha value is -0.610. The SMILES string of the molecule is CCCCC1NC(CC(C)C)N(CCN(C)C2CC2)C1=O. The third-order valence-electron chi connectivity index (χ3n) is 4.76. The van der Waals surface area contributed by atoms with Crippen molar-refractivity contribution in [3.8, 4) is 0 Å². The average molecular weight is 295 g/mol. The molecule has 0 aromatic rings. The normalized spacial score (nSPS) is 26.4. The molecule has 2 rings (SSSR count). The van der Waals surface area contributed by atoms with Gasteiger partial charge in [-0.1, -0.05) is 33.6 Å². The van der Waals surface area contributed by atoms with Crippen LogP contribution in [-0.2, 0) is 4.79 Å². The summed E-state index contributed by atoms with van der Waals surface area (Å²) in [6.07, 6.45) is 7.24. The monoisotopic (exact) mass is 295 g/mol. The van der Waals surface area contributed by atoms with Crippen molar-refractivity contribution in [2.24, 2.45) is 5.92 Å². The predicted octanol–water partition coefficient (Wildman–Crippen LogP) is 2.44. The van der Waals surface area contributed by atoms with E-state index in [0.29, 0.717) is 11.8 Å². The van der Waals surface area contributed by atoms with Crippen LogP contribution in [0.4, 0.5) is 0 Å². The molecule has 122 valence electrons. The van der Waals surface area contributed by atoms with Crippen LogP contribution in [0.25, 0.3) is 0 Å². The number of hydrogen-bond acceptors (Lipinski definition) is 3. The van der Waals surface area contributed by atoms with Crippen molar-refractivity contribution < 1.29 is 4.79 Å². The van der Waals surface area contributed by atoms with E-state index >= 15 is 0 Å². The van der Waals surface area contributed by atoms with E-state index in [9.17, 15) is 4.79 Å². The second-order valence-corrected chi connectivity index (χ2v) is 7.25. The highest BCUT2D eigenvalue weighted by Gasteiger charge is 2.38. The Bertz CT molecular complexity index is 341. The maximum Gasteiger partial charge on any atom is 0.241 e. The van der Waals surface area contributed by atoms with Crippen molar-refractivity contribution in [1.82, 2.24) is 15.1 Å². The van der Waals surface area contributed by atoms with Crippen molar-refractivity contribution in [3.63, 3.8) is 0 Å². The van der Waals surface area contributed by atoms with E-state index < -0.39 is 0 Å². The zero-order chi connectivity index (χ0) is 15.4. The number of carbonyl (C=O) groups excluding carboxylic acids is 1. The maximum atomic E-state index is 12.6. The number of nitrogens with one attached hydrogen (secondary N) is 1. The van der Waals surface area contributed by atoms with E-state index in [-0.39, 0.29) is 12.2 Å². The van der Waals surface area contributed by atoms with E-state index in [1.165, 1.54) is 12.8 Å². The molecule has 1 aliphatic heterocycles. The number of hydrogen-bond donors (Lipinski definition) is 1. The minimum atomic E-state index is 0.0555. The molecule has 0 radical (unpaired) electrons. The van der Waals surface area contributed by atoms with Gasteiger partial charge in [0.1, 0.15) is 0 Å². The number of amides is 1. The standard InChI is InChI=1S/C17H33N3O/c1-5-6-7-15-17(21)20(16(18-15)12-13(2)3)11-10-19(4)14-8-9-14/h13-16,18H,5-12H2,1-4H3. The molecule has 4 heteroatoms. The second kappa shape index (κ2) is 7.59. The molecule has 1 saturated carbocycles. The number of carbonyl (C=O) groups is 1. The predicted molar refractivity (Wildman–Crippen MR) is 87.1 cm³/mol. The van der Waals surface area contributed by atoms with Crippen LogP contribution in [-0.4, -0.2) is 54.1 Å². The molecule has 1 N–H and O–H groups in total. The van der Waals surface area contributed by atoms with Gasteiger partial charge in [0.15, 0.2) is 0 Å². The van der Waals surface area contributed by atoms with Crippen molar-refractivity contribution in [1.29, 1.82) is 0 Å². The first kappa shape index (κ1) is 16.8. The Morgan fingerprint density at radius 2 is 2.10 bits per heavy atom. The van der Waals surface area contributed by atoms with E-state index in [4.69, 9.17) is 0 Å². The van der Waals surface area contributed by atoms with Crippen LogP contribution in [0.1, 0.15) is 59.3 Å². The van der Waals surface area contributed by atoms with Gasteiger partial charge < -0.3 is 9.80 Å². The minimum absolute atomic E-state index is 0.0555. The van der Waals surface area contributed by atoms with Crippen LogP contribution in [0.3, 0.4) is 0 Å². The lowest BCUT2D eigenvalue weighted by molar-refractivity contribution is -0.130. The number of nitrogens with zero attached hydrogens (tertiary/aromatic N) is 2. The van der Waals surface area contributed by atoms with Crippen molar-refractivity contribution >= 4 is 5.91 Å². The van der Waals surface area contributed by atoms with Gasteiger partial charge in [-0.15, -0.1) is 0 Å². The first-order chi connectivity index (χ1) is 10.0. The van der Waals surface area contributed by atoms with Crippen molar-refractivity contribution in [2.75, 3.05) is 20.1 Å². The fourth-order valence-electron chi connectivity index (χ4n) is 3.23. The lowest BCUT2D eigenvalue weighted by atomic mass is 10.1. The van der Waals surface area contributed by atoms with Gasteiger partial charge in [-0.05, 0) is 38.6 Å². The average Bonchev–Trinajstić information content (AvgIpc) is 3.22. The summed E-state index contributed by atoms with van der Waals surface area (Å²) in [6.45, 7) is 8.54. The summed E-state index contributed by atoms with van der Waals surface area (Å²) in [5.41, 5.74) is 0. The number of likely N-dealkylation sites (N-methyl/N-ethyl adjacent to an activating group) is 1. The smallest absolute Gasteiger partial charge is 0.241 e. The fraction of sp³-hybridized carbons (Fsp3) is 0.941.